The van der Waals surface area contributed by atoms with Crippen LogP contribution in [0.25, 0.3) is 0 Å². The van der Waals surface area contributed by atoms with Crippen molar-refractivity contribution in [3.05, 3.63) is 29.3 Å². The molecular formula is C16H23ClN2O3. The molecule has 1 atom stereocenters. The van der Waals surface area contributed by atoms with Crippen molar-refractivity contribution in [3.63, 3.8) is 0 Å². The number of carbonyl (C=O) groups is 1. The van der Waals surface area contributed by atoms with Gasteiger partial charge in [0.25, 0.3) is 0 Å². The number of carbonyl (C=O) groups excluding carboxylic acids is 1. The molecule has 5 nitrogen and oxygen atoms in total. The Morgan fingerprint density at radius 3 is 3.05 bits per heavy atom. The first-order valence-electron chi connectivity index (χ1n) is 7.57. The maximum Gasteiger partial charge on any atom is 0.238 e. The second kappa shape index (κ2) is 9.10. The second-order valence-corrected chi connectivity index (χ2v) is 5.88. The molecule has 22 heavy (non-hydrogen) atoms. The monoisotopic (exact) mass is 326 g/mol. The molecule has 1 aromatic carbocycles. The average molecular weight is 327 g/mol. The first-order chi connectivity index (χ1) is 10.6. The highest BCUT2D eigenvalue weighted by Gasteiger charge is 2.15. The lowest BCUT2D eigenvalue weighted by Crippen LogP contribution is -2.33. The minimum absolute atomic E-state index is 0.0882. The van der Waals surface area contributed by atoms with Crippen LogP contribution in [0.4, 0.5) is 5.69 Å². The topological polar surface area (TPSA) is 50.8 Å². The van der Waals surface area contributed by atoms with E-state index >= 15 is 0 Å². The maximum absolute atomic E-state index is 11.9. The number of amides is 1. The summed E-state index contributed by atoms with van der Waals surface area (Å²) in [6.07, 6.45) is 2.44. The molecule has 1 aliphatic heterocycles. The number of likely N-dealkylation sites (N-methyl/N-ethyl adjacent to an activating group) is 1. The molecule has 122 valence electrons. The standard InChI is InChI=1S/C16H23ClN2O3/c1-19(8-10-21-12-13-5-4-9-22-13)11-16(20)18-15-7-3-2-6-14(15)17/h2-3,6-7,13H,4-5,8-12H2,1H3,(H,18,20)/t13-/m1/s1. The van der Waals surface area contributed by atoms with Gasteiger partial charge in [0.15, 0.2) is 0 Å². The molecule has 0 aliphatic carbocycles. The van der Waals surface area contributed by atoms with Crippen LogP contribution in [-0.2, 0) is 14.3 Å². The Bertz CT molecular complexity index is 478. The summed E-state index contributed by atoms with van der Waals surface area (Å²) in [5.74, 6) is -0.0882. The first kappa shape index (κ1) is 17.2. The third-order valence-electron chi connectivity index (χ3n) is 3.51. The summed E-state index contributed by atoms with van der Waals surface area (Å²) in [7, 11) is 1.89. The van der Waals surface area contributed by atoms with E-state index in [4.69, 9.17) is 21.1 Å². The number of nitrogens with one attached hydrogen (secondary N) is 1. The van der Waals surface area contributed by atoms with Gasteiger partial charge in [-0.25, -0.2) is 0 Å². The van der Waals surface area contributed by atoms with E-state index in [2.05, 4.69) is 5.32 Å². The van der Waals surface area contributed by atoms with E-state index in [1.54, 1.807) is 12.1 Å². The van der Waals surface area contributed by atoms with Crippen molar-refractivity contribution in [2.75, 3.05) is 45.3 Å². The van der Waals surface area contributed by atoms with E-state index in [0.29, 0.717) is 37.0 Å². The molecular weight excluding hydrogens is 304 g/mol. The largest absolute Gasteiger partial charge is 0.377 e. The lowest BCUT2D eigenvalue weighted by molar-refractivity contribution is -0.117. The van der Waals surface area contributed by atoms with Crippen molar-refractivity contribution in [3.8, 4) is 0 Å². The molecule has 0 aromatic heterocycles. The summed E-state index contributed by atoms with van der Waals surface area (Å²) in [5, 5.41) is 3.34. The van der Waals surface area contributed by atoms with E-state index in [1.165, 1.54) is 0 Å². The Balaban J connectivity index is 1.60. The van der Waals surface area contributed by atoms with Crippen LogP contribution in [0.3, 0.4) is 0 Å². The van der Waals surface area contributed by atoms with Gasteiger partial charge in [0.05, 0.1) is 36.6 Å². The summed E-state index contributed by atoms with van der Waals surface area (Å²) < 4.78 is 11.1. The highest BCUT2D eigenvalue weighted by molar-refractivity contribution is 6.33. The van der Waals surface area contributed by atoms with Crippen molar-refractivity contribution < 1.29 is 14.3 Å². The fourth-order valence-electron chi connectivity index (χ4n) is 2.29. The number of halogens is 1. The molecule has 1 amide bonds. The first-order valence-corrected chi connectivity index (χ1v) is 7.95. The predicted molar refractivity (Wildman–Crippen MR) is 87.4 cm³/mol. The zero-order valence-electron chi connectivity index (χ0n) is 12.9. The lowest BCUT2D eigenvalue weighted by atomic mass is 10.2. The van der Waals surface area contributed by atoms with Crippen LogP contribution in [-0.4, -0.2) is 56.9 Å². The van der Waals surface area contributed by atoms with Gasteiger partial charge in [-0.2, -0.15) is 0 Å². The number of para-hydroxylation sites is 1. The van der Waals surface area contributed by atoms with Crippen molar-refractivity contribution in [1.82, 2.24) is 4.90 Å². The molecule has 0 spiro atoms. The number of hydrogen-bond donors (Lipinski definition) is 1. The maximum atomic E-state index is 11.9. The Labute approximate surface area is 136 Å². The Kier molecular flexibility index (Phi) is 7.12. The predicted octanol–water partition coefficient (Wildman–Crippen LogP) is 2.41. The normalized spacial score (nSPS) is 17.9. The minimum Gasteiger partial charge on any atom is -0.377 e. The molecule has 6 heteroatoms. The van der Waals surface area contributed by atoms with Crippen LogP contribution in [0.15, 0.2) is 24.3 Å². The molecule has 1 aromatic rings. The van der Waals surface area contributed by atoms with Gasteiger partial charge < -0.3 is 14.8 Å². The summed E-state index contributed by atoms with van der Waals surface area (Å²) in [5.41, 5.74) is 0.636. The fourth-order valence-corrected chi connectivity index (χ4v) is 2.47. The van der Waals surface area contributed by atoms with Crippen molar-refractivity contribution in [2.45, 2.75) is 18.9 Å². The fraction of sp³-hybridized carbons (Fsp3) is 0.562. The van der Waals surface area contributed by atoms with E-state index in [0.717, 1.165) is 19.4 Å². The molecule has 1 N–H and O–H groups in total. The van der Waals surface area contributed by atoms with Crippen LogP contribution < -0.4 is 5.32 Å². The van der Waals surface area contributed by atoms with Crippen molar-refractivity contribution in [1.29, 1.82) is 0 Å². The molecule has 0 bridgehead atoms. The Morgan fingerprint density at radius 1 is 1.50 bits per heavy atom. The molecule has 1 saturated heterocycles. The number of rotatable bonds is 8. The highest BCUT2D eigenvalue weighted by Crippen LogP contribution is 2.20. The SMILES string of the molecule is CN(CCOC[C@H]1CCCO1)CC(=O)Nc1ccccc1Cl. The van der Waals surface area contributed by atoms with Crippen LogP contribution in [0.5, 0.6) is 0 Å². The number of hydrogen-bond acceptors (Lipinski definition) is 4. The molecule has 0 unspecified atom stereocenters. The van der Waals surface area contributed by atoms with E-state index in [-0.39, 0.29) is 12.0 Å². The zero-order valence-corrected chi connectivity index (χ0v) is 13.6. The van der Waals surface area contributed by atoms with Gasteiger partial charge in [0.1, 0.15) is 0 Å². The average Bonchev–Trinajstić information content (AvgIpc) is 2.99. The summed E-state index contributed by atoms with van der Waals surface area (Å²) in [6.45, 7) is 3.07. The molecule has 2 rings (SSSR count). The van der Waals surface area contributed by atoms with Gasteiger partial charge in [-0.05, 0) is 32.0 Å². The van der Waals surface area contributed by atoms with Gasteiger partial charge in [-0.15, -0.1) is 0 Å². The van der Waals surface area contributed by atoms with Gasteiger partial charge in [-0.3, -0.25) is 9.69 Å². The molecule has 0 saturated carbocycles. The zero-order chi connectivity index (χ0) is 15.8. The molecule has 0 radical (unpaired) electrons. The molecule has 1 fully saturated rings. The van der Waals surface area contributed by atoms with Crippen molar-refractivity contribution >= 4 is 23.2 Å². The third-order valence-corrected chi connectivity index (χ3v) is 3.84. The van der Waals surface area contributed by atoms with Gasteiger partial charge >= 0.3 is 0 Å². The smallest absolute Gasteiger partial charge is 0.238 e. The summed E-state index contributed by atoms with van der Waals surface area (Å²) in [4.78, 5) is 13.9. The Morgan fingerprint density at radius 2 is 2.32 bits per heavy atom. The summed E-state index contributed by atoms with van der Waals surface area (Å²) >= 11 is 6.01. The van der Waals surface area contributed by atoms with Crippen LogP contribution in [0.2, 0.25) is 5.02 Å². The third kappa shape index (κ3) is 5.93. The molecule has 1 aliphatic rings. The van der Waals surface area contributed by atoms with Crippen molar-refractivity contribution in [2.24, 2.45) is 0 Å². The highest BCUT2D eigenvalue weighted by atomic mass is 35.5. The number of nitrogens with zero attached hydrogens (tertiary/aromatic N) is 1. The van der Waals surface area contributed by atoms with Crippen LogP contribution in [0, 0.1) is 0 Å². The van der Waals surface area contributed by atoms with E-state index < -0.39 is 0 Å². The van der Waals surface area contributed by atoms with Crippen LogP contribution >= 0.6 is 11.6 Å². The number of anilines is 1. The van der Waals surface area contributed by atoms with Gasteiger partial charge in [0, 0.05) is 13.2 Å². The van der Waals surface area contributed by atoms with Gasteiger partial charge in [0.2, 0.25) is 5.91 Å². The lowest BCUT2D eigenvalue weighted by Gasteiger charge is -2.17. The van der Waals surface area contributed by atoms with Crippen LogP contribution in [0.1, 0.15) is 12.8 Å². The Hall–Kier alpha value is -1.14. The number of benzene rings is 1. The quantitative estimate of drug-likeness (QED) is 0.745. The van der Waals surface area contributed by atoms with E-state index in [1.807, 2.05) is 24.1 Å². The minimum atomic E-state index is -0.0882. The number of ether oxygens (including phenoxy) is 2. The molecule has 1 heterocycles. The van der Waals surface area contributed by atoms with E-state index in [9.17, 15) is 4.79 Å². The second-order valence-electron chi connectivity index (χ2n) is 5.48. The van der Waals surface area contributed by atoms with Gasteiger partial charge in [-0.1, -0.05) is 23.7 Å². The summed E-state index contributed by atoms with van der Waals surface area (Å²) in [6, 6.07) is 7.20.